The van der Waals surface area contributed by atoms with E-state index >= 15 is 0 Å². The van der Waals surface area contributed by atoms with Crippen LogP contribution in [0.25, 0.3) is 0 Å². The van der Waals surface area contributed by atoms with E-state index < -0.39 is 15.9 Å². The Hall–Kier alpha value is -2.79. The second-order valence-electron chi connectivity index (χ2n) is 4.73. The summed E-state index contributed by atoms with van der Waals surface area (Å²) in [5.41, 5.74) is 0.731. The van der Waals surface area contributed by atoms with Crippen molar-refractivity contribution in [2.24, 2.45) is 0 Å². The third-order valence-corrected chi connectivity index (χ3v) is 4.20. The van der Waals surface area contributed by atoms with Crippen LogP contribution in [0.4, 0.5) is 5.69 Å². The van der Waals surface area contributed by atoms with Gasteiger partial charge < -0.3 is 9.73 Å². The van der Waals surface area contributed by atoms with E-state index in [-0.39, 0.29) is 18.8 Å². The molecule has 0 saturated carbocycles. The van der Waals surface area contributed by atoms with Crippen molar-refractivity contribution in [3.63, 3.8) is 0 Å². The Balaban J connectivity index is 2.08. The van der Waals surface area contributed by atoms with Crippen molar-refractivity contribution in [1.29, 1.82) is 5.26 Å². The number of anilines is 1. The predicted molar refractivity (Wildman–Crippen MR) is 84.4 cm³/mol. The lowest BCUT2D eigenvalue weighted by Gasteiger charge is -2.22. The Kier molecular flexibility index (Phi) is 5.03. The molecule has 0 fully saturated rings. The van der Waals surface area contributed by atoms with Crippen LogP contribution in [-0.2, 0) is 10.0 Å². The van der Waals surface area contributed by atoms with E-state index in [1.54, 1.807) is 24.3 Å². The third-order valence-electron chi connectivity index (χ3n) is 3.01. The first-order chi connectivity index (χ1) is 10.9. The van der Waals surface area contributed by atoms with Crippen LogP contribution in [0.5, 0.6) is 0 Å². The largest absolute Gasteiger partial charge is 0.459 e. The number of carbonyl (C=O) groups excluding carboxylic acids is 1. The molecule has 1 aromatic heterocycles. The monoisotopic (exact) mass is 333 g/mol. The summed E-state index contributed by atoms with van der Waals surface area (Å²) in [6.45, 7) is 0.142. The minimum atomic E-state index is -3.55. The first-order valence-electron chi connectivity index (χ1n) is 6.71. The fraction of sp³-hybridized carbons (Fsp3) is 0.200. The zero-order valence-corrected chi connectivity index (χ0v) is 13.2. The average Bonchev–Trinajstić information content (AvgIpc) is 3.04. The van der Waals surface area contributed by atoms with Gasteiger partial charge >= 0.3 is 0 Å². The van der Waals surface area contributed by atoms with E-state index in [4.69, 9.17) is 9.68 Å². The molecule has 2 rings (SSSR count). The van der Waals surface area contributed by atoms with Gasteiger partial charge in [0.1, 0.15) is 0 Å². The van der Waals surface area contributed by atoms with Crippen molar-refractivity contribution < 1.29 is 17.6 Å². The SMILES string of the molecule is CS(=O)(=O)N(CCNC(=O)c1ccco1)c1cccc(C#N)c1. The summed E-state index contributed by atoms with van der Waals surface area (Å²) in [5, 5.41) is 11.5. The van der Waals surface area contributed by atoms with Crippen LogP contribution in [-0.4, -0.2) is 33.7 Å². The van der Waals surface area contributed by atoms with E-state index in [0.29, 0.717) is 11.3 Å². The van der Waals surface area contributed by atoms with Gasteiger partial charge in [0.2, 0.25) is 10.0 Å². The van der Waals surface area contributed by atoms with Gasteiger partial charge in [-0.05, 0) is 30.3 Å². The van der Waals surface area contributed by atoms with Crippen molar-refractivity contribution in [2.75, 3.05) is 23.7 Å². The van der Waals surface area contributed by atoms with Crippen molar-refractivity contribution >= 4 is 21.6 Å². The molecule has 1 heterocycles. The van der Waals surface area contributed by atoms with Gasteiger partial charge in [0.25, 0.3) is 5.91 Å². The first kappa shape index (κ1) is 16.6. The summed E-state index contributed by atoms with van der Waals surface area (Å²) in [7, 11) is -3.55. The van der Waals surface area contributed by atoms with E-state index in [0.717, 1.165) is 10.6 Å². The van der Waals surface area contributed by atoms with Gasteiger partial charge in [-0.15, -0.1) is 0 Å². The van der Waals surface area contributed by atoms with Gasteiger partial charge in [0, 0.05) is 6.54 Å². The summed E-state index contributed by atoms with van der Waals surface area (Å²) >= 11 is 0. The molecule has 0 aliphatic carbocycles. The third kappa shape index (κ3) is 4.34. The Morgan fingerprint density at radius 2 is 2.13 bits per heavy atom. The Labute approximate surface area is 134 Å². The molecule has 0 unspecified atom stereocenters. The number of rotatable bonds is 6. The second-order valence-corrected chi connectivity index (χ2v) is 6.64. The van der Waals surface area contributed by atoms with Gasteiger partial charge in [0.15, 0.2) is 5.76 Å². The molecule has 0 aliphatic rings. The molecule has 0 spiro atoms. The lowest BCUT2D eigenvalue weighted by atomic mass is 10.2. The molecule has 0 saturated heterocycles. The summed E-state index contributed by atoms with van der Waals surface area (Å²) in [6.07, 6.45) is 2.45. The number of amides is 1. The molecule has 1 N–H and O–H groups in total. The standard InChI is InChI=1S/C15H15N3O4S/c1-23(20,21)18(13-5-2-4-12(10-13)11-16)8-7-17-15(19)14-6-3-9-22-14/h2-6,9-10H,7-8H2,1H3,(H,17,19). The number of hydrogen-bond donors (Lipinski definition) is 1. The maximum Gasteiger partial charge on any atom is 0.287 e. The lowest BCUT2D eigenvalue weighted by molar-refractivity contribution is 0.0927. The van der Waals surface area contributed by atoms with E-state index in [1.165, 1.54) is 18.4 Å². The second kappa shape index (κ2) is 6.98. The van der Waals surface area contributed by atoms with E-state index in [9.17, 15) is 13.2 Å². The zero-order chi connectivity index (χ0) is 16.9. The average molecular weight is 333 g/mol. The van der Waals surface area contributed by atoms with Crippen LogP contribution < -0.4 is 9.62 Å². The van der Waals surface area contributed by atoms with Crippen molar-refractivity contribution in [1.82, 2.24) is 5.32 Å². The Morgan fingerprint density at radius 3 is 2.74 bits per heavy atom. The van der Waals surface area contributed by atoms with Gasteiger partial charge in [-0.1, -0.05) is 6.07 Å². The number of benzene rings is 1. The summed E-state index contributed by atoms with van der Waals surface area (Å²) < 4.78 is 30.0. The molecule has 0 aliphatic heterocycles. The van der Waals surface area contributed by atoms with Crippen LogP contribution in [0, 0.1) is 11.3 Å². The Bertz CT molecular complexity index is 823. The van der Waals surface area contributed by atoms with Crippen molar-refractivity contribution in [3.05, 3.63) is 54.0 Å². The van der Waals surface area contributed by atoms with Crippen molar-refractivity contribution in [2.45, 2.75) is 0 Å². The number of nitrogens with one attached hydrogen (secondary N) is 1. The molecule has 0 radical (unpaired) electrons. The minimum Gasteiger partial charge on any atom is -0.459 e. The van der Waals surface area contributed by atoms with Crippen LogP contribution >= 0.6 is 0 Å². The molecule has 7 nitrogen and oxygen atoms in total. The first-order valence-corrected chi connectivity index (χ1v) is 8.56. The van der Waals surface area contributed by atoms with Gasteiger partial charge in [0.05, 0.1) is 36.4 Å². The normalized spacial score (nSPS) is 10.8. The highest BCUT2D eigenvalue weighted by molar-refractivity contribution is 7.92. The topological polar surface area (TPSA) is 103 Å². The van der Waals surface area contributed by atoms with Crippen LogP contribution in [0.1, 0.15) is 16.1 Å². The number of sulfonamides is 1. The highest BCUT2D eigenvalue weighted by Crippen LogP contribution is 2.18. The highest BCUT2D eigenvalue weighted by Gasteiger charge is 2.18. The molecular weight excluding hydrogens is 318 g/mol. The number of furan rings is 1. The molecule has 1 aromatic carbocycles. The molecule has 8 heteroatoms. The fourth-order valence-corrected chi connectivity index (χ4v) is 2.90. The smallest absolute Gasteiger partial charge is 0.287 e. The maximum absolute atomic E-state index is 11.9. The van der Waals surface area contributed by atoms with Crippen LogP contribution in [0.3, 0.4) is 0 Å². The van der Waals surface area contributed by atoms with Crippen LogP contribution in [0.15, 0.2) is 47.1 Å². The van der Waals surface area contributed by atoms with E-state index in [1.807, 2.05) is 6.07 Å². The zero-order valence-electron chi connectivity index (χ0n) is 12.4. The van der Waals surface area contributed by atoms with Gasteiger partial charge in [-0.25, -0.2) is 8.42 Å². The molecule has 2 aromatic rings. The fourth-order valence-electron chi connectivity index (χ4n) is 1.98. The number of nitriles is 1. The molecule has 1 amide bonds. The predicted octanol–water partition coefficient (Wildman–Crippen LogP) is 1.35. The summed E-state index contributed by atoms with van der Waals surface area (Å²) in [4.78, 5) is 11.8. The summed E-state index contributed by atoms with van der Waals surface area (Å²) in [5.74, 6) is -0.267. The number of carbonyl (C=O) groups is 1. The molecule has 0 atom stereocenters. The maximum atomic E-state index is 11.9. The number of nitrogens with zero attached hydrogens (tertiary/aromatic N) is 2. The van der Waals surface area contributed by atoms with Gasteiger partial charge in [-0.2, -0.15) is 5.26 Å². The minimum absolute atomic E-state index is 0.0418. The molecule has 120 valence electrons. The van der Waals surface area contributed by atoms with Crippen molar-refractivity contribution in [3.8, 4) is 6.07 Å². The summed E-state index contributed by atoms with van der Waals surface area (Å²) in [6, 6.07) is 11.3. The highest BCUT2D eigenvalue weighted by atomic mass is 32.2. The Morgan fingerprint density at radius 1 is 1.35 bits per heavy atom. The molecular formula is C15H15N3O4S. The lowest BCUT2D eigenvalue weighted by Crippen LogP contribution is -2.38. The number of hydrogen-bond acceptors (Lipinski definition) is 5. The van der Waals surface area contributed by atoms with Gasteiger partial charge in [-0.3, -0.25) is 9.10 Å². The van der Waals surface area contributed by atoms with Crippen LogP contribution in [0.2, 0.25) is 0 Å². The van der Waals surface area contributed by atoms with E-state index in [2.05, 4.69) is 5.32 Å². The molecule has 23 heavy (non-hydrogen) atoms. The quantitative estimate of drug-likeness (QED) is 0.859. The molecule has 0 bridgehead atoms.